The Labute approximate surface area is 837 Å². The van der Waals surface area contributed by atoms with E-state index in [0.717, 1.165) is 111 Å². The summed E-state index contributed by atoms with van der Waals surface area (Å²) in [5.74, 6) is 27.2. The molecular formula is C105H136N10O22P4S. The SMILES string of the molecule is CC(C)(C)OC(=O)NCCCC[C@H]1CCCNCCNC1.CCCCC[C@H]1CN(Cc2cc(C#Cc3ccc(OCC(=O)OC)cc3)cc(P(C)(C)=O)n2)CCN(Cc2cc(C#Cc3ccc(OCC(=O)OC)cc3)cc(P(C)(C)=O)n2)CCN1Cc1cc(C#Cc2ccc(OCC)cc2)cc(P(C)(=O)OCC)n1.COC(=O)COc1ccc(C#Cc2cc(COS(C)(=O)=O)nc(P(C)(C)=O)c2)cc1.O=C=O. The largest absolute Gasteiger partial charge is 0.494 e. The number of benzene rings is 4. The molecule has 4 aromatic carbocycles. The van der Waals surface area contributed by atoms with Crippen LogP contribution >= 0.6 is 28.8 Å². The molecule has 0 radical (unpaired) electrons. The second-order valence-electron chi connectivity index (χ2n) is 35.8. The molecule has 32 nitrogen and oxygen atoms in total. The van der Waals surface area contributed by atoms with Crippen molar-refractivity contribution in [2.75, 3.05) is 173 Å². The molecule has 2 aliphatic heterocycles. The zero-order valence-electron chi connectivity index (χ0n) is 84.6. The number of alkyl carbamates (subject to hydrolysis) is 1. The number of ether oxygens (including phenoxy) is 8. The molecule has 0 bridgehead atoms. The molecule has 2 aliphatic rings. The maximum Gasteiger partial charge on any atom is 0.407 e. The molecule has 6 heterocycles. The van der Waals surface area contributed by atoms with Gasteiger partial charge in [0.2, 0.25) is 7.37 Å². The minimum Gasteiger partial charge on any atom is -0.494 e. The predicted molar refractivity (Wildman–Crippen MR) is 552 cm³/mol. The lowest BCUT2D eigenvalue weighted by atomic mass is 9.96. The highest BCUT2D eigenvalue weighted by molar-refractivity contribution is 7.86. The third-order valence-electron chi connectivity index (χ3n) is 21.5. The summed E-state index contributed by atoms with van der Waals surface area (Å²) in [5, 5.41) is 9.76. The molecule has 2 fully saturated rings. The number of pyridine rings is 4. The van der Waals surface area contributed by atoms with Gasteiger partial charge in [0.05, 0.1) is 63.6 Å². The zero-order valence-corrected chi connectivity index (χ0v) is 89.0. The summed E-state index contributed by atoms with van der Waals surface area (Å²) in [4.78, 5) is 88.9. The van der Waals surface area contributed by atoms with E-state index in [2.05, 4.69) is 94.7 Å². The topological polar surface area (TPSA) is 395 Å². The summed E-state index contributed by atoms with van der Waals surface area (Å²) < 4.78 is 129. The van der Waals surface area contributed by atoms with Crippen LogP contribution < -0.4 is 56.6 Å². The first-order chi connectivity index (χ1) is 67.5. The van der Waals surface area contributed by atoms with Crippen molar-refractivity contribution in [3.63, 3.8) is 0 Å². The van der Waals surface area contributed by atoms with Gasteiger partial charge in [-0.25, -0.2) is 39.1 Å². The first-order valence-corrected chi connectivity index (χ1v) is 58.7. The van der Waals surface area contributed by atoms with Gasteiger partial charge in [-0.1, -0.05) is 80.0 Å². The molecule has 8 aromatic rings. The molecular weight excluding hydrogens is 1910 g/mol. The van der Waals surface area contributed by atoms with E-state index in [9.17, 15) is 45.9 Å². The Morgan fingerprint density at radius 2 is 0.845 bits per heavy atom. The molecule has 37 heteroatoms. The second kappa shape index (κ2) is 59.6. The number of hydrogen-bond acceptors (Lipinski definition) is 31. The van der Waals surface area contributed by atoms with Gasteiger partial charge in [-0.05, 0) is 271 Å². The Hall–Kier alpha value is -11.4. The number of unbranched alkanes of at least 4 members (excludes halogenated alkanes) is 3. The van der Waals surface area contributed by atoms with Gasteiger partial charge in [0.25, 0.3) is 10.1 Å². The maximum atomic E-state index is 14.3. The van der Waals surface area contributed by atoms with Crippen molar-refractivity contribution in [3.8, 4) is 70.4 Å². The lowest BCUT2D eigenvalue weighted by Gasteiger charge is -2.35. The number of esters is 3. The van der Waals surface area contributed by atoms with E-state index in [1.165, 1.54) is 40.6 Å². The second-order valence-corrected chi connectivity index (χ2v) is 49.4. The standard InChI is InChI=1S/C68H81N6O11P3.C20H22NO7PS.C16H33N3O2.CO2/c1-11-14-15-16-60-48-73(46-58-40-55(43-65(70-58)87(8,9)78)21-18-53-27-33-63(34-28-53)84-50-68(76)81-5)36-35-72(45-57-39-54(42-64(69-57)86(6,7)77)20-17-52-25-31-62(32-26-52)83-49-67(75)80-4)37-38-74(60)47-59-41-56(44-66(71-59)88(10,79)85-13-3)22-19-51-23-29-61(30-24-51)82-12-2;1-26-20(22)14-27-18-9-7-15(8-10-18)5-6-16-11-17(13-28-30(4,24)25)21-19(12-16)29(2,3)23;1-16(2,3)21-15(20)19-10-5-4-7-14-8-6-9-17-11-12-18-13-14;2-1-3/h23-34,39-44,60H,11-16,35-38,45-50H2,1-10H3;7-12H,13-14H2,1-4H3;14,17-18H,4-13H2,1-3H3,(H,19,20);/t60-,88?;;14-;/m0.0./s1. The molecule has 1 amide bonds. The number of carbonyl (C=O) groups excluding carboxylic acids is 6. The van der Waals surface area contributed by atoms with Crippen LogP contribution in [-0.4, -0.2) is 258 Å². The number of aromatic nitrogens is 4. The summed E-state index contributed by atoms with van der Waals surface area (Å²) in [7, 11) is -11.5. The molecule has 764 valence electrons. The van der Waals surface area contributed by atoms with Crippen LogP contribution in [0.1, 0.15) is 167 Å². The average Bonchev–Trinajstić information content (AvgIpc) is 0.897. The van der Waals surface area contributed by atoms with Crippen molar-refractivity contribution in [2.24, 2.45) is 5.92 Å². The Morgan fingerprint density at radius 1 is 0.465 bits per heavy atom. The van der Waals surface area contributed by atoms with Crippen LogP contribution in [0.15, 0.2) is 146 Å². The van der Waals surface area contributed by atoms with Crippen LogP contribution in [0.25, 0.3) is 0 Å². The molecule has 142 heavy (non-hydrogen) atoms. The molecule has 3 atom stereocenters. The van der Waals surface area contributed by atoms with Gasteiger partial charge in [0.15, 0.2) is 19.8 Å². The van der Waals surface area contributed by atoms with Crippen molar-refractivity contribution in [1.29, 1.82) is 0 Å². The maximum absolute atomic E-state index is 14.3. The average molecular weight is 2050 g/mol. The minimum atomic E-state index is -3.64. The quantitative estimate of drug-likeness (QED) is 0.00829. The summed E-state index contributed by atoms with van der Waals surface area (Å²) in [6, 6.07) is 43.2. The van der Waals surface area contributed by atoms with Gasteiger partial charge in [-0.2, -0.15) is 18.0 Å². The minimum absolute atomic E-state index is 0.0176. The number of carbonyl (C=O) groups is 4. The monoisotopic (exact) mass is 2040 g/mol. The van der Waals surface area contributed by atoms with Crippen LogP contribution in [-0.2, 0) is 106 Å². The Bertz CT molecular complexity index is 6090. The lowest BCUT2D eigenvalue weighted by Crippen LogP contribution is -2.44. The third kappa shape index (κ3) is 45.9. The molecule has 0 aliphatic carbocycles. The number of amides is 1. The van der Waals surface area contributed by atoms with E-state index in [4.69, 9.17) is 66.4 Å². The molecule has 10 rings (SSSR count). The molecule has 0 spiro atoms. The van der Waals surface area contributed by atoms with E-state index in [1.807, 2.05) is 107 Å². The Kier molecular flexibility index (Phi) is 49.3. The molecule has 0 saturated carbocycles. The highest BCUT2D eigenvalue weighted by Gasteiger charge is 2.30. The van der Waals surface area contributed by atoms with Crippen LogP contribution in [0.3, 0.4) is 0 Å². The highest BCUT2D eigenvalue weighted by atomic mass is 32.2. The molecule has 2 saturated heterocycles. The van der Waals surface area contributed by atoms with Gasteiger partial charge in [0.1, 0.15) is 78.4 Å². The fraction of sp³-hybridized carbons (Fsp3) is 0.457. The number of nitrogens with one attached hydrogen (secondary N) is 3. The van der Waals surface area contributed by atoms with Gasteiger partial charge < -0.3 is 72.1 Å². The van der Waals surface area contributed by atoms with E-state index >= 15 is 0 Å². The van der Waals surface area contributed by atoms with E-state index in [0.29, 0.717) is 144 Å². The van der Waals surface area contributed by atoms with Gasteiger partial charge in [-0.3, -0.25) is 23.4 Å². The zero-order chi connectivity index (χ0) is 104. The third-order valence-corrected chi connectivity index (χ3v) is 27.9. The van der Waals surface area contributed by atoms with Crippen molar-refractivity contribution in [2.45, 2.75) is 137 Å². The fourth-order valence-corrected chi connectivity index (χ4v) is 18.4. The predicted octanol–water partition coefficient (Wildman–Crippen LogP) is 12.9. The van der Waals surface area contributed by atoms with Crippen molar-refractivity contribution >= 4 is 90.8 Å². The van der Waals surface area contributed by atoms with Crippen LogP contribution in [0.5, 0.6) is 23.0 Å². The Morgan fingerprint density at radius 3 is 1.26 bits per heavy atom. The summed E-state index contributed by atoms with van der Waals surface area (Å²) in [6.07, 6.45) is 10.8. The van der Waals surface area contributed by atoms with E-state index < -0.39 is 62.4 Å². The number of nitrogens with zero attached hydrogens (tertiary/aromatic N) is 7. The van der Waals surface area contributed by atoms with E-state index in [1.54, 1.807) is 119 Å². The Balaban J connectivity index is 0.000000408. The summed E-state index contributed by atoms with van der Waals surface area (Å²) in [5.41, 5.74) is 9.17. The first-order valence-electron chi connectivity index (χ1n) is 47.0. The summed E-state index contributed by atoms with van der Waals surface area (Å²) in [6.45, 7) is 32.7. The molecule has 1 unspecified atom stereocenters. The van der Waals surface area contributed by atoms with Gasteiger partial charge in [0, 0.05) is 129 Å². The smallest absolute Gasteiger partial charge is 0.407 e. The number of hydrogen-bond donors (Lipinski definition) is 3. The first kappa shape index (κ1) is 118. The van der Waals surface area contributed by atoms with Gasteiger partial charge >= 0.3 is 30.2 Å². The van der Waals surface area contributed by atoms with Crippen molar-refractivity contribution in [1.82, 2.24) is 50.6 Å². The molecule has 3 N–H and O–H groups in total. The number of methoxy groups -OCH3 is 3. The van der Waals surface area contributed by atoms with Crippen molar-refractivity contribution in [3.05, 3.63) is 213 Å². The van der Waals surface area contributed by atoms with Crippen molar-refractivity contribution < 1.29 is 102 Å². The number of rotatable bonds is 35. The van der Waals surface area contributed by atoms with Crippen LogP contribution in [0.4, 0.5) is 4.79 Å². The van der Waals surface area contributed by atoms with E-state index in [-0.39, 0.29) is 51.3 Å². The highest BCUT2D eigenvalue weighted by Crippen LogP contribution is 2.41. The normalized spacial score (nSPS) is 14.7. The van der Waals surface area contributed by atoms with Crippen LogP contribution in [0.2, 0.25) is 0 Å². The molecule has 4 aromatic heterocycles. The van der Waals surface area contributed by atoms with Gasteiger partial charge in [-0.15, -0.1) is 0 Å². The summed E-state index contributed by atoms with van der Waals surface area (Å²) >= 11 is 0. The fourth-order valence-electron chi connectivity index (χ4n) is 14.3. The lowest BCUT2D eigenvalue weighted by molar-refractivity contribution is -0.191. The van der Waals surface area contributed by atoms with Crippen LogP contribution in [0, 0.1) is 53.3 Å².